The summed E-state index contributed by atoms with van der Waals surface area (Å²) in [7, 11) is -4.09. The largest absolute Gasteiger partial charge is 2.00 e. The van der Waals surface area contributed by atoms with Gasteiger partial charge >= 0.3 is 16.5 Å². The van der Waals surface area contributed by atoms with Crippen LogP contribution >= 0.6 is 17.2 Å². The van der Waals surface area contributed by atoms with Gasteiger partial charge in [-0.05, 0) is 51.4 Å². The van der Waals surface area contributed by atoms with Gasteiger partial charge in [-0.15, -0.1) is 0 Å². The van der Waals surface area contributed by atoms with E-state index in [4.69, 9.17) is 37.0 Å². The van der Waals surface area contributed by atoms with E-state index in [9.17, 15) is 9.79 Å². The Morgan fingerprint density at radius 1 is 0.400 bits per heavy atom. The zero-order valence-corrected chi connectivity index (χ0v) is 31.3. The van der Waals surface area contributed by atoms with Crippen molar-refractivity contribution in [1.82, 2.24) is 0 Å². The molecule has 2 aliphatic heterocycles. The summed E-state index contributed by atoms with van der Waals surface area (Å²) in [5.74, 6) is 1.12. The van der Waals surface area contributed by atoms with Gasteiger partial charge in [-0.2, -0.15) is 0 Å². The molecule has 0 N–H and O–H groups in total. The molecule has 0 saturated carbocycles. The van der Waals surface area contributed by atoms with Gasteiger partial charge in [0.25, 0.3) is 0 Å². The fourth-order valence-electron chi connectivity index (χ4n) is 4.40. The predicted molar refractivity (Wildman–Crippen MR) is 173 cm³/mol. The second kappa shape index (κ2) is 33.5. The normalized spacial score (nSPS) is 30.8. The van der Waals surface area contributed by atoms with Crippen molar-refractivity contribution < 1.29 is 63.3 Å². The first kappa shape index (κ1) is 46.0. The molecular formula is C32H64NiO10P2. The van der Waals surface area contributed by atoms with Crippen LogP contribution in [0.3, 0.4) is 0 Å². The SMILES string of the molecule is CCC1COCCCCCCOCC(CC)COP([O-])OC1.CCC1COCCCCCCOCC(CC)COP([O-])OC1.[Ni+2]. The maximum atomic E-state index is 11.8. The molecule has 0 aromatic rings. The first-order chi connectivity index (χ1) is 21.5. The molecule has 0 radical (unpaired) electrons. The van der Waals surface area contributed by atoms with Gasteiger partial charge in [0.05, 0.1) is 70.1 Å². The van der Waals surface area contributed by atoms with Crippen LogP contribution < -0.4 is 9.79 Å². The van der Waals surface area contributed by atoms with Gasteiger partial charge in [0, 0.05) is 50.1 Å². The van der Waals surface area contributed by atoms with Crippen molar-refractivity contribution in [3.63, 3.8) is 0 Å². The molecule has 2 heterocycles. The first-order valence-corrected chi connectivity index (χ1v) is 19.5. The van der Waals surface area contributed by atoms with Gasteiger partial charge in [-0.3, -0.25) is 0 Å². The maximum absolute atomic E-state index is 11.8. The molecule has 2 aliphatic rings. The summed E-state index contributed by atoms with van der Waals surface area (Å²) in [5.41, 5.74) is 0. The van der Waals surface area contributed by atoms with Crippen LogP contribution in [-0.4, -0.2) is 79.3 Å². The molecule has 2 fully saturated rings. The maximum Gasteiger partial charge on any atom is 2.00 e. The Labute approximate surface area is 287 Å². The topological polar surface area (TPSA) is 120 Å². The van der Waals surface area contributed by atoms with E-state index in [1.54, 1.807) is 0 Å². The van der Waals surface area contributed by atoms with E-state index in [2.05, 4.69) is 27.7 Å². The van der Waals surface area contributed by atoms with Crippen LogP contribution in [0, 0.1) is 23.7 Å². The van der Waals surface area contributed by atoms with Gasteiger partial charge < -0.3 is 46.8 Å². The van der Waals surface area contributed by atoms with Gasteiger partial charge in [-0.1, -0.05) is 53.4 Å². The zero-order chi connectivity index (χ0) is 32.1. The third-order valence-electron chi connectivity index (χ3n) is 8.04. The summed E-state index contributed by atoms with van der Waals surface area (Å²) in [6.07, 6.45) is 12.9. The Hall–Kier alpha value is 0.954. The minimum absolute atomic E-state index is 0. The molecule has 2 saturated heterocycles. The molecule has 4 atom stereocenters. The Morgan fingerprint density at radius 2 is 0.622 bits per heavy atom. The van der Waals surface area contributed by atoms with E-state index in [1.165, 1.54) is 25.7 Å². The molecule has 0 spiro atoms. The van der Waals surface area contributed by atoms with E-state index >= 15 is 0 Å². The number of hydrogen-bond donors (Lipinski definition) is 0. The van der Waals surface area contributed by atoms with Crippen molar-refractivity contribution >= 4 is 17.2 Å². The molecular weight excluding hydrogens is 665 g/mol. The number of ether oxygens (including phenoxy) is 4. The number of rotatable bonds is 4. The monoisotopic (exact) mass is 728 g/mol. The van der Waals surface area contributed by atoms with Crippen LogP contribution in [-0.2, 0) is 53.5 Å². The Kier molecular flexibility index (Phi) is 34.2. The molecule has 0 bridgehead atoms. The molecule has 0 amide bonds. The van der Waals surface area contributed by atoms with E-state index in [0.717, 1.165) is 77.8 Å². The molecule has 45 heavy (non-hydrogen) atoms. The Balaban J connectivity index is 0.000000842. The van der Waals surface area contributed by atoms with Crippen molar-refractivity contribution in [2.75, 3.05) is 79.3 Å². The van der Waals surface area contributed by atoms with E-state index in [0.29, 0.717) is 52.9 Å². The molecule has 0 aromatic heterocycles. The third kappa shape index (κ3) is 27.5. The van der Waals surface area contributed by atoms with Crippen molar-refractivity contribution in [2.24, 2.45) is 23.7 Å². The van der Waals surface area contributed by atoms with Gasteiger partial charge in [-0.25, -0.2) is 0 Å². The summed E-state index contributed by atoms with van der Waals surface area (Å²) < 4.78 is 44.1. The van der Waals surface area contributed by atoms with Crippen LogP contribution in [0.1, 0.15) is 105 Å². The summed E-state index contributed by atoms with van der Waals surface area (Å²) >= 11 is 0. The predicted octanol–water partition coefficient (Wildman–Crippen LogP) is 6.53. The Bertz CT molecular complexity index is 518. The van der Waals surface area contributed by atoms with E-state index in [1.807, 2.05) is 0 Å². The summed E-state index contributed by atoms with van der Waals surface area (Å²) in [6.45, 7) is 15.9. The third-order valence-corrected chi connectivity index (χ3v) is 9.48. The smallest absolute Gasteiger partial charge is 0.786 e. The molecule has 272 valence electrons. The fourth-order valence-corrected chi connectivity index (χ4v) is 5.88. The van der Waals surface area contributed by atoms with Gasteiger partial charge in [0.2, 0.25) is 0 Å². The molecule has 2 rings (SSSR count). The van der Waals surface area contributed by atoms with Crippen LogP contribution in [0.15, 0.2) is 0 Å². The van der Waals surface area contributed by atoms with Crippen molar-refractivity contribution in [3.8, 4) is 0 Å². The van der Waals surface area contributed by atoms with Crippen LogP contribution in [0.4, 0.5) is 0 Å². The van der Waals surface area contributed by atoms with Crippen molar-refractivity contribution in [2.45, 2.75) is 105 Å². The Morgan fingerprint density at radius 3 is 0.822 bits per heavy atom. The summed E-state index contributed by atoms with van der Waals surface area (Å²) in [5, 5.41) is 0. The minimum Gasteiger partial charge on any atom is -0.786 e. The quantitative estimate of drug-likeness (QED) is 0.234. The average molecular weight is 729 g/mol. The molecule has 13 heteroatoms. The van der Waals surface area contributed by atoms with Gasteiger partial charge in [0.15, 0.2) is 0 Å². The van der Waals surface area contributed by atoms with E-state index in [-0.39, 0.29) is 40.2 Å². The standard InChI is InChI=1S/2C16H32O5P.Ni/c2*1-3-15-11-18-9-7-5-6-8-10-19-12-16(4-2)14-21-22(17)20-13-15;/h2*15-16H,3-14H2,1-2H3;/q2*-1;+2. The van der Waals surface area contributed by atoms with E-state index < -0.39 is 17.2 Å². The second-order valence-electron chi connectivity index (χ2n) is 11.9. The summed E-state index contributed by atoms with van der Waals surface area (Å²) in [4.78, 5) is 23.6. The minimum atomic E-state index is -2.04. The fraction of sp³-hybridized carbons (Fsp3) is 1.00. The van der Waals surface area contributed by atoms with Crippen LogP contribution in [0.2, 0.25) is 0 Å². The van der Waals surface area contributed by atoms with Gasteiger partial charge in [0.1, 0.15) is 0 Å². The average Bonchev–Trinajstić information content (AvgIpc) is 3.04. The summed E-state index contributed by atoms with van der Waals surface area (Å²) in [6, 6.07) is 0. The van der Waals surface area contributed by atoms with Crippen molar-refractivity contribution in [1.29, 1.82) is 0 Å². The number of hydrogen-bond acceptors (Lipinski definition) is 10. The van der Waals surface area contributed by atoms with Crippen molar-refractivity contribution in [3.05, 3.63) is 0 Å². The second-order valence-corrected chi connectivity index (χ2v) is 13.8. The molecule has 4 unspecified atom stereocenters. The molecule has 10 nitrogen and oxygen atoms in total. The molecule has 0 aliphatic carbocycles. The van der Waals surface area contributed by atoms with Crippen LogP contribution in [0.25, 0.3) is 0 Å². The zero-order valence-electron chi connectivity index (χ0n) is 28.6. The first-order valence-electron chi connectivity index (χ1n) is 17.3. The molecule has 0 aromatic carbocycles. The van der Waals surface area contributed by atoms with Crippen LogP contribution in [0.5, 0.6) is 0 Å².